The zero-order valence-electron chi connectivity index (χ0n) is 20.1. The normalized spacial score (nSPS) is 12.6. The van der Waals surface area contributed by atoms with Gasteiger partial charge in [-0.05, 0) is 49.1 Å². The first-order valence-electron chi connectivity index (χ1n) is 11.8. The number of benzene rings is 3. The van der Waals surface area contributed by atoms with E-state index in [2.05, 4.69) is 11.4 Å². The van der Waals surface area contributed by atoms with Gasteiger partial charge in [-0.2, -0.15) is 0 Å². The van der Waals surface area contributed by atoms with Gasteiger partial charge in [-0.1, -0.05) is 90.8 Å². The Labute approximate surface area is 207 Å². The van der Waals surface area contributed by atoms with Crippen LogP contribution in [0.2, 0.25) is 5.02 Å². The quantitative estimate of drug-likeness (QED) is 0.405. The lowest BCUT2D eigenvalue weighted by molar-refractivity contribution is -0.141. The Morgan fingerprint density at radius 3 is 2.26 bits per heavy atom. The molecule has 3 aromatic carbocycles. The summed E-state index contributed by atoms with van der Waals surface area (Å²) in [6, 6.07) is 24.6. The van der Waals surface area contributed by atoms with E-state index in [0.29, 0.717) is 18.0 Å². The van der Waals surface area contributed by atoms with E-state index in [0.717, 1.165) is 28.7 Å². The summed E-state index contributed by atoms with van der Waals surface area (Å²) >= 11 is 6.16. The van der Waals surface area contributed by atoms with Crippen molar-refractivity contribution in [3.8, 4) is 0 Å². The number of halogens is 1. The average Bonchev–Trinajstić information content (AvgIpc) is 2.81. The second kappa shape index (κ2) is 12.4. The third-order valence-electron chi connectivity index (χ3n) is 5.95. The molecule has 1 N–H and O–H groups in total. The number of carbonyl (C=O) groups excluding carboxylic acids is 2. The van der Waals surface area contributed by atoms with Crippen LogP contribution in [-0.2, 0) is 29.0 Å². The van der Waals surface area contributed by atoms with E-state index in [1.54, 1.807) is 17.0 Å². The fraction of sp³-hybridized carbons (Fsp3) is 0.310. The molecule has 0 spiro atoms. The number of amides is 2. The molecule has 178 valence electrons. The average molecular weight is 477 g/mol. The standard InChI is InChI=1S/C29H33ClN2O2/c1-4-22(3)31-29(34)27(18-23-11-6-5-7-12-23)32(20-25-14-8-10-21(2)16-25)28(33)19-24-13-9-15-26(30)17-24/h5-17,22,27H,4,18-20H2,1-3H3,(H,31,34)/t22-,27-/m1/s1. The van der Waals surface area contributed by atoms with Crippen LogP contribution in [0.4, 0.5) is 0 Å². The molecular weight excluding hydrogens is 444 g/mol. The van der Waals surface area contributed by atoms with Gasteiger partial charge in [0.25, 0.3) is 0 Å². The predicted molar refractivity (Wildman–Crippen MR) is 139 cm³/mol. The highest BCUT2D eigenvalue weighted by Gasteiger charge is 2.31. The smallest absolute Gasteiger partial charge is 0.243 e. The van der Waals surface area contributed by atoms with Crippen molar-refractivity contribution >= 4 is 23.4 Å². The fourth-order valence-electron chi connectivity index (χ4n) is 3.93. The number of aryl methyl sites for hydroxylation is 1. The maximum absolute atomic E-state index is 13.7. The highest BCUT2D eigenvalue weighted by atomic mass is 35.5. The SMILES string of the molecule is CC[C@@H](C)NC(=O)[C@@H](Cc1ccccc1)N(Cc1cccc(C)c1)C(=O)Cc1cccc(Cl)c1. The van der Waals surface area contributed by atoms with Gasteiger partial charge in [0.1, 0.15) is 6.04 Å². The minimum atomic E-state index is -0.636. The van der Waals surface area contributed by atoms with Crippen molar-refractivity contribution in [2.75, 3.05) is 0 Å². The zero-order chi connectivity index (χ0) is 24.5. The number of nitrogens with one attached hydrogen (secondary N) is 1. The Morgan fingerprint density at radius 2 is 1.59 bits per heavy atom. The molecule has 0 saturated heterocycles. The number of hydrogen-bond donors (Lipinski definition) is 1. The Balaban J connectivity index is 1.97. The van der Waals surface area contributed by atoms with Crippen LogP contribution in [0.25, 0.3) is 0 Å². The third kappa shape index (κ3) is 7.46. The van der Waals surface area contributed by atoms with E-state index >= 15 is 0 Å². The Morgan fingerprint density at radius 1 is 0.912 bits per heavy atom. The van der Waals surface area contributed by atoms with Crippen LogP contribution in [0, 0.1) is 6.92 Å². The van der Waals surface area contributed by atoms with Gasteiger partial charge < -0.3 is 10.2 Å². The van der Waals surface area contributed by atoms with Gasteiger partial charge in [0, 0.05) is 24.0 Å². The molecule has 0 aromatic heterocycles. The first kappa shape index (κ1) is 25.5. The van der Waals surface area contributed by atoms with Gasteiger partial charge in [-0.3, -0.25) is 9.59 Å². The number of nitrogens with zero attached hydrogens (tertiary/aromatic N) is 1. The molecule has 0 aliphatic heterocycles. The van der Waals surface area contributed by atoms with Crippen LogP contribution in [0.5, 0.6) is 0 Å². The highest BCUT2D eigenvalue weighted by molar-refractivity contribution is 6.30. The first-order valence-corrected chi connectivity index (χ1v) is 12.2. The predicted octanol–water partition coefficient (Wildman–Crippen LogP) is 5.75. The molecule has 0 radical (unpaired) electrons. The summed E-state index contributed by atoms with van der Waals surface area (Å²) in [5.41, 5.74) is 3.95. The van der Waals surface area contributed by atoms with Crippen molar-refractivity contribution in [2.45, 2.75) is 58.7 Å². The topological polar surface area (TPSA) is 49.4 Å². The minimum Gasteiger partial charge on any atom is -0.352 e. The molecule has 0 heterocycles. The van der Waals surface area contributed by atoms with E-state index in [1.165, 1.54) is 0 Å². The monoisotopic (exact) mass is 476 g/mol. The summed E-state index contributed by atoms with van der Waals surface area (Å²) in [6.07, 6.45) is 1.43. The minimum absolute atomic E-state index is 0.0228. The Kier molecular flexibility index (Phi) is 9.29. The fourth-order valence-corrected chi connectivity index (χ4v) is 4.14. The molecule has 2 atom stereocenters. The Bertz CT molecular complexity index is 1100. The molecule has 0 saturated carbocycles. The number of rotatable bonds is 10. The van der Waals surface area contributed by atoms with E-state index in [4.69, 9.17) is 11.6 Å². The van der Waals surface area contributed by atoms with E-state index in [1.807, 2.05) is 81.4 Å². The third-order valence-corrected chi connectivity index (χ3v) is 6.19. The molecule has 0 fully saturated rings. The van der Waals surface area contributed by atoms with Crippen LogP contribution >= 0.6 is 11.6 Å². The summed E-state index contributed by atoms with van der Waals surface area (Å²) in [6.45, 7) is 6.40. The molecular formula is C29H33ClN2O2. The van der Waals surface area contributed by atoms with Crippen LogP contribution in [-0.4, -0.2) is 28.8 Å². The van der Waals surface area contributed by atoms with Crippen molar-refractivity contribution in [1.29, 1.82) is 0 Å². The number of hydrogen-bond acceptors (Lipinski definition) is 2. The molecule has 4 nitrogen and oxygen atoms in total. The van der Waals surface area contributed by atoms with Crippen molar-refractivity contribution < 1.29 is 9.59 Å². The molecule has 0 aliphatic carbocycles. The summed E-state index contributed by atoms with van der Waals surface area (Å²) in [7, 11) is 0. The second-order valence-electron chi connectivity index (χ2n) is 8.84. The summed E-state index contributed by atoms with van der Waals surface area (Å²) < 4.78 is 0. The Hall–Kier alpha value is -3.11. The lowest BCUT2D eigenvalue weighted by Gasteiger charge is -2.32. The van der Waals surface area contributed by atoms with Gasteiger partial charge >= 0.3 is 0 Å². The van der Waals surface area contributed by atoms with E-state index in [9.17, 15) is 9.59 Å². The largest absolute Gasteiger partial charge is 0.352 e. The lowest BCUT2D eigenvalue weighted by Crippen LogP contribution is -2.52. The molecule has 2 amide bonds. The number of carbonyl (C=O) groups is 2. The van der Waals surface area contributed by atoms with E-state index < -0.39 is 6.04 Å². The van der Waals surface area contributed by atoms with Gasteiger partial charge in [-0.25, -0.2) is 0 Å². The van der Waals surface area contributed by atoms with E-state index in [-0.39, 0.29) is 24.3 Å². The zero-order valence-corrected chi connectivity index (χ0v) is 20.9. The maximum atomic E-state index is 13.7. The van der Waals surface area contributed by atoms with Crippen molar-refractivity contribution in [3.63, 3.8) is 0 Å². The van der Waals surface area contributed by atoms with Crippen LogP contribution in [0.1, 0.15) is 42.5 Å². The molecule has 0 bridgehead atoms. The molecule has 0 unspecified atom stereocenters. The van der Waals surface area contributed by atoms with Crippen molar-refractivity contribution in [2.24, 2.45) is 0 Å². The van der Waals surface area contributed by atoms with Crippen LogP contribution < -0.4 is 5.32 Å². The van der Waals surface area contributed by atoms with Crippen molar-refractivity contribution in [3.05, 3.63) is 106 Å². The van der Waals surface area contributed by atoms with Crippen LogP contribution in [0.15, 0.2) is 78.9 Å². The molecule has 0 aliphatic rings. The second-order valence-corrected chi connectivity index (χ2v) is 9.28. The summed E-state index contributed by atoms with van der Waals surface area (Å²) in [4.78, 5) is 28.9. The summed E-state index contributed by atoms with van der Waals surface area (Å²) in [5.74, 6) is -0.241. The summed E-state index contributed by atoms with van der Waals surface area (Å²) in [5, 5.41) is 3.69. The molecule has 5 heteroatoms. The molecule has 3 rings (SSSR count). The van der Waals surface area contributed by atoms with Gasteiger partial charge in [0.2, 0.25) is 11.8 Å². The first-order chi connectivity index (χ1) is 16.4. The van der Waals surface area contributed by atoms with Gasteiger partial charge in [-0.15, -0.1) is 0 Å². The van der Waals surface area contributed by atoms with Crippen molar-refractivity contribution in [1.82, 2.24) is 10.2 Å². The molecule has 34 heavy (non-hydrogen) atoms. The lowest BCUT2D eigenvalue weighted by atomic mass is 10.0. The molecule has 3 aromatic rings. The maximum Gasteiger partial charge on any atom is 0.243 e. The van der Waals surface area contributed by atoms with Gasteiger partial charge in [0.15, 0.2) is 0 Å². The highest BCUT2D eigenvalue weighted by Crippen LogP contribution is 2.19. The van der Waals surface area contributed by atoms with Crippen LogP contribution in [0.3, 0.4) is 0 Å². The van der Waals surface area contributed by atoms with Gasteiger partial charge in [0.05, 0.1) is 6.42 Å².